The number of benzene rings is 1. The van der Waals surface area contributed by atoms with Crippen LogP contribution in [0.1, 0.15) is 17.3 Å². The molecule has 0 atom stereocenters. The highest BCUT2D eigenvalue weighted by molar-refractivity contribution is 6.33. The SMILES string of the molecule is CCNCCNC(=O)c1ccccc1Cl.Cl. The van der Waals surface area contributed by atoms with E-state index in [0.717, 1.165) is 13.1 Å². The molecule has 90 valence electrons. The highest BCUT2D eigenvalue weighted by Crippen LogP contribution is 2.14. The third-order valence-corrected chi connectivity index (χ3v) is 2.29. The standard InChI is InChI=1S/C11H15ClN2O.ClH/c1-2-13-7-8-14-11(15)9-5-3-4-6-10(9)12;/h3-6,13H,2,7-8H2,1H3,(H,14,15);1H. The molecule has 16 heavy (non-hydrogen) atoms. The number of amides is 1. The molecule has 0 aliphatic rings. The molecule has 0 unspecified atom stereocenters. The van der Waals surface area contributed by atoms with Gasteiger partial charge in [-0.25, -0.2) is 0 Å². The number of likely N-dealkylation sites (N-methyl/N-ethyl adjacent to an activating group) is 1. The Morgan fingerprint density at radius 1 is 1.31 bits per heavy atom. The van der Waals surface area contributed by atoms with Gasteiger partial charge in [0.1, 0.15) is 0 Å². The highest BCUT2D eigenvalue weighted by Gasteiger charge is 2.07. The number of carbonyl (C=O) groups is 1. The summed E-state index contributed by atoms with van der Waals surface area (Å²) in [6.07, 6.45) is 0. The van der Waals surface area contributed by atoms with Crippen LogP contribution < -0.4 is 10.6 Å². The van der Waals surface area contributed by atoms with Crippen molar-refractivity contribution in [2.45, 2.75) is 6.92 Å². The fourth-order valence-electron chi connectivity index (χ4n) is 1.18. The monoisotopic (exact) mass is 262 g/mol. The highest BCUT2D eigenvalue weighted by atomic mass is 35.5. The van der Waals surface area contributed by atoms with Gasteiger partial charge in [0.05, 0.1) is 10.6 Å². The molecule has 0 spiro atoms. The molecule has 1 rings (SSSR count). The average molecular weight is 263 g/mol. The minimum Gasteiger partial charge on any atom is -0.351 e. The normalized spacial score (nSPS) is 9.38. The summed E-state index contributed by atoms with van der Waals surface area (Å²) in [7, 11) is 0. The van der Waals surface area contributed by atoms with Gasteiger partial charge >= 0.3 is 0 Å². The number of halogens is 2. The Bertz CT molecular complexity index is 332. The molecule has 1 aromatic rings. The molecule has 1 amide bonds. The van der Waals surface area contributed by atoms with Crippen molar-refractivity contribution in [2.24, 2.45) is 0 Å². The van der Waals surface area contributed by atoms with Gasteiger partial charge in [-0.2, -0.15) is 0 Å². The lowest BCUT2D eigenvalue weighted by Crippen LogP contribution is -2.31. The van der Waals surface area contributed by atoms with E-state index in [2.05, 4.69) is 10.6 Å². The topological polar surface area (TPSA) is 41.1 Å². The van der Waals surface area contributed by atoms with Gasteiger partial charge in [-0.15, -0.1) is 12.4 Å². The van der Waals surface area contributed by atoms with Crippen LogP contribution in [0.2, 0.25) is 5.02 Å². The Morgan fingerprint density at radius 2 is 2.00 bits per heavy atom. The minimum absolute atomic E-state index is 0. The largest absolute Gasteiger partial charge is 0.351 e. The summed E-state index contributed by atoms with van der Waals surface area (Å²) < 4.78 is 0. The van der Waals surface area contributed by atoms with E-state index < -0.39 is 0 Å². The van der Waals surface area contributed by atoms with Gasteiger partial charge in [0.25, 0.3) is 5.91 Å². The molecular formula is C11H16Cl2N2O. The summed E-state index contributed by atoms with van der Waals surface area (Å²) in [5.74, 6) is -0.126. The average Bonchev–Trinajstić information content (AvgIpc) is 2.25. The third kappa shape index (κ3) is 4.84. The van der Waals surface area contributed by atoms with Crippen LogP contribution in [0.4, 0.5) is 0 Å². The van der Waals surface area contributed by atoms with Crippen LogP contribution in [-0.2, 0) is 0 Å². The molecule has 0 saturated heterocycles. The molecular weight excluding hydrogens is 247 g/mol. The Labute approximate surface area is 107 Å². The number of nitrogens with one attached hydrogen (secondary N) is 2. The van der Waals surface area contributed by atoms with E-state index in [-0.39, 0.29) is 18.3 Å². The van der Waals surface area contributed by atoms with Crippen molar-refractivity contribution in [2.75, 3.05) is 19.6 Å². The molecule has 2 N–H and O–H groups in total. The number of carbonyl (C=O) groups excluding carboxylic acids is 1. The fourth-order valence-corrected chi connectivity index (χ4v) is 1.40. The van der Waals surface area contributed by atoms with E-state index >= 15 is 0 Å². The van der Waals surface area contributed by atoms with Crippen LogP contribution in [0.25, 0.3) is 0 Å². The van der Waals surface area contributed by atoms with Gasteiger partial charge < -0.3 is 10.6 Å². The molecule has 0 fully saturated rings. The summed E-state index contributed by atoms with van der Waals surface area (Å²) in [5.41, 5.74) is 0.524. The van der Waals surface area contributed by atoms with E-state index in [0.29, 0.717) is 17.1 Å². The van der Waals surface area contributed by atoms with E-state index in [9.17, 15) is 4.79 Å². The van der Waals surface area contributed by atoms with Crippen LogP contribution in [0.3, 0.4) is 0 Å². The van der Waals surface area contributed by atoms with Crippen molar-refractivity contribution in [3.8, 4) is 0 Å². The first-order chi connectivity index (χ1) is 7.25. The third-order valence-electron chi connectivity index (χ3n) is 1.96. The van der Waals surface area contributed by atoms with Crippen LogP contribution >= 0.6 is 24.0 Å². The summed E-state index contributed by atoms with van der Waals surface area (Å²) in [4.78, 5) is 11.6. The lowest BCUT2D eigenvalue weighted by molar-refractivity contribution is 0.0954. The first kappa shape index (κ1) is 15.2. The van der Waals surface area contributed by atoms with E-state index in [1.807, 2.05) is 6.92 Å². The second-order valence-electron chi connectivity index (χ2n) is 3.09. The first-order valence-corrected chi connectivity index (χ1v) is 5.37. The van der Waals surface area contributed by atoms with E-state index in [1.165, 1.54) is 0 Å². The van der Waals surface area contributed by atoms with Gasteiger partial charge in [-0.05, 0) is 18.7 Å². The predicted molar refractivity (Wildman–Crippen MR) is 69.6 cm³/mol. The smallest absolute Gasteiger partial charge is 0.252 e. The summed E-state index contributed by atoms with van der Waals surface area (Å²) in [6.45, 7) is 4.31. The van der Waals surface area contributed by atoms with Gasteiger partial charge in [-0.1, -0.05) is 30.7 Å². The molecule has 3 nitrogen and oxygen atoms in total. The summed E-state index contributed by atoms with van der Waals surface area (Å²) in [6, 6.07) is 7.02. The number of hydrogen-bond acceptors (Lipinski definition) is 2. The molecule has 0 saturated carbocycles. The van der Waals surface area contributed by atoms with Gasteiger partial charge in [0, 0.05) is 13.1 Å². The quantitative estimate of drug-likeness (QED) is 0.799. The van der Waals surface area contributed by atoms with Gasteiger partial charge in [0.15, 0.2) is 0 Å². The van der Waals surface area contributed by atoms with Crippen LogP contribution in [0.15, 0.2) is 24.3 Å². The summed E-state index contributed by atoms with van der Waals surface area (Å²) in [5, 5.41) is 6.40. The predicted octanol–water partition coefficient (Wildman–Crippen LogP) is 2.10. The van der Waals surface area contributed by atoms with Gasteiger partial charge in [-0.3, -0.25) is 4.79 Å². The maximum atomic E-state index is 11.6. The summed E-state index contributed by atoms with van der Waals surface area (Å²) >= 11 is 5.88. The Kier molecular flexibility index (Phi) is 7.99. The van der Waals surface area contributed by atoms with Crippen molar-refractivity contribution >= 4 is 29.9 Å². The minimum atomic E-state index is -0.126. The zero-order chi connectivity index (χ0) is 11.1. The molecule has 1 aromatic carbocycles. The zero-order valence-electron chi connectivity index (χ0n) is 9.13. The molecule has 0 radical (unpaired) electrons. The Morgan fingerprint density at radius 3 is 2.62 bits per heavy atom. The Balaban J connectivity index is 0.00000225. The van der Waals surface area contributed by atoms with Crippen LogP contribution in [-0.4, -0.2) is 25.5 Å². The number of hydrogen-bond donors (Lipinski definition) is 2. The molecule has 0 heterocycles. The molecule has 0 aliphatic carbocycles. The second-order valence-corrected chi connectivity index (χ2v) is 3.50. The molecule has 5 heteroatoms. The van der Waals surface area contributed by atoms with Crippen molar-refractivity contribution in [1.29, 1.82) is 0 Å². The lowest BCUT2D eigenvalue weighted by atomic mass is 10.2. The molecule has 0 bridgehead atoms. The fraction of sp³-hybridized carbons (Fsp3) is 0.364. The Hall–Kier alpha value is -0.770. The maximum absolute atomic E-state index is 11.6. The van der Waals surface area contributed by atoms with Crippen molar-refractivity contribution in [3.05, 3.63) is 34.9 Å². The lowest BCUT2D eigenvalue weighted by Gasteiger charge is -2.06. The van der Waals surface area contributed by atoms with E-state index in [1.54, 1.807) is 24.3 Å². The van der Waals surface area contributed by atoms with E-state index in [4.69, 9.17) is 11.6 Å². The molecule has 0 aliphatic heterocycles. The zero-order valence-corrected chi connectivity index (χ0v) is 10.7. The van der Waals surface area contributed by atoms with Gasteiger partial charge in [0.2, 0.25) is 0 Å². The van der Waals surface area contributed by atoms with Crippen molar-refractivity contribution in [3.63, 3.8) is 0 Å². The first-order valence-electron chi connectivity index (χ1n) is 4.99. The maximum Gasteiger partial charge on any atom is 0.252 e. The van der Waals surface area contributed by atoms with Crippen LogP contribution in [0.5, 0.6) is 0 Å². The van der Waals surface area contributed by atoms with Crippen molar-refractivity contribution in [1.82, 2.24) is 10.6 Å². The second kappa shape index (κ2) is 8.39. The van der Waals surface area contributed by atoms with Crippen LogP contribution in [0, 0.1) is 0 Å². The molecule has 0 aromatic heterocycles. The number of rotatable bonds is 5. The van der Waals surface area contributed by atoms with Crippen molar-refractivity contribution < 1.29 is 4.79 Å².